The van der Waals surface area contributed by atoms with Crippen LogP contribution in [0, 0.1) is 0 Å². The normalized spacial score (nSPS) is 13.4. The molecule has 74 valence electrons. The molecule has 1 aromatic carbocycles. The summed E-state index contributed by atoms with van der Waals surface area (Å²) in [5.41, 5.74) is 1.15. The molecule has 14 heavy (non-hydrogen) atoms. The Morgan fingerprint density at radius 1 is 1.43 bits per heavy atom. The largest absolute Gasteiger partial charge is 0.392 e. The van der Waals surface area contributed by atoms with Crippen molar-refractivity contribution in [3.8, 4) is 0 Å². The maximum absolute atomic E-state index is 9.32. The molecule has 0 fully saturated rings. The fourth-order valence-corrected chi connectivity index (χ4v) is 2.12. The van der Waals surface area contributed by atoms with Gasteiger partial charge in [-0.15, -0.1) is 0 Å². The molecule has 1 atom stereocenters. The van der Waals surface area contributed by atoms with Crippen LogP contribution >= 0.6 is 15.9 Å². The summed E-state index contributed by atoms with van der Waals surface area (Å²) in [5, 5.41) is 10.5. The summed E-state index contributed by atoms with van der Waals surface area (Å²) < 4.78 is 3.16. The van der Waals surface area contributed by atoms with Crippen LogP contribution in [0.15, 0.2) is 34.9 Å². The first-order valence-electron chi connectivity index (χ1n) is 4.60. The third kappa shape index (κ3) is 1.70. The predicted molar refractivity (Wildman–Crippen MR) is 61.3 cm³/mol. The van der Waals surface area contributed by atoms with Gasteiger partial charge in [0.25, 0.3) is 0 Å². The maximum Gasteiger partial charge on any atom is 0.0691 e. The van der Waals surface area contributed by atoms with Gasteiger partial charge in [-0.25, -0.2) is 0 Å². The van der Waals surface area contributed by atoms with Crippen LogP contribution < -0.4 is 0 Å². The van der Waals surface area contributed by atoms with Gasteiger partial charge in [0.1, 0.15) is 0 Å². The third-order valence-electron chi connectivity index (χ3n) is 2.22. The zero-order valence-corrected chi connectivity index (χ0v) is 9.53. The maximum atomic E-state index is 9.32. The van der Waals surface area contributed by atoms with Gasteiger partial charge < -0.3 is 9.67 Å². The van der Waals surface area contributed by atoms with E-state index in [0.29, 0.717) is 6.54 Å². The summed E-state index contributed by atoms with van der Waals surface area (Å²) in [7, 11) is 0. The highest BCUT2D eigenvalue weighted by atomic mass is 79.9. The Bertz CT molecular complexity index is 447. The SMILES string of the molecule is CC(O)Cn1ccc2c(Br)cccc21. The molecule has 2 rings (SSSR count). The Hall–Kier alpha value is -0.800. The van der Waals surface area contributed by atoms with Crippen LogP contribution in [0.3, 0.4) is 0 Å². The van der Waals surface area contributed by atoms with Gasteiger partial charge in [0.05, 0.1) is 6.10 Å². The smallest absolute Gasteiger partial charge is 0.0691 e. The lowest BCUT2D eigenvalue weighted by atomic mass is 10.2. The molecule has 0 saturated heterocycles. The molecule has 1 N–H and O–H groups in total. The molecule has 0 spiro atoms. The average molecular weight is 254 g/mol. The first-order valence-corrected chi connectivity index (χ1v) is 5.39. The number of aromatic nitrogens is 1. The minimum atomic E-state index is -0.315. The van der Waals surface area contributed by atoms with E-state index >= 15 is 0 Å². The van der Waals surface area contributed by atoms with Crippen LogP contribution in [-0.2, 0) is 6.54 Å². The topological polar surface area (TPSA) is 25.2 Å². The molecule has 3 heteroatoms. The van der Waals surface area contributed by atoms with Gasteiger partial charge in [-0.2, -0.15) is 0 Å². The molecule has 2 aromatic rings. The van der Waals surface area contributed by atoms with Crippen molar-refractivity contribution in [1.82, 2.24) is 4.57 Å². The van der Waals surface area contributed by atoms with E-state index in [-0.39, 0.29) is 6.10 Å². The van der Waals surface area contributed by atoms with Gasteiger partial charge in [-0.05, 0) is 25.1 Å². The van der Waals surface area contributed by atoms with Crippen LogP contribution in [0.25, 0.3) is 10.9 Å². The van der Waals surface area contributed by atoms with Crippen LogP contribution in [0.4, 0.5) is 0 Å². The molecule has 0 aliphatic carbocycles. The number of nitrogens with zero attached hydrogens (tertiary/aromatic N) is 1. The van der Waals surface area contributed by atoms with Crippen molar-refractivity contribution in [2.75, 3.05) is 0 Å². The number of fused-ring (bicyclic) bond motifs is 1. The molecule has 0 saturated carbocycles. The van der Waals surface area contributed by atoms with Crippen molar-refractivity contribution in [3.63, 3.8) is 0 Å². The van der Waals surface area contributed by atoms with Crippen LogP contribution in [0.1, 0.15) is 6.92 Å². The molecular weight excluding hydrogens is 242 g/mol. The summed E-state index contributed by atoms with van der Waals surface area (Å²) >= 11 is 3.50. The van der Waals surface area contributed by atoms with E-state index in [4.69, 9.17) is 0 Å². The highest BCUT2D eigenvalue weighted by Gasteiger charge is 2.04. The van der Waals surface area contributed by atoms with E-state index in [1.165, 1.54) is 5.39 Å². The lowest BCUT2D eigenvalue weighted by Gasteiger charge is -2.07. The molecule has 0 aliphatic heterocycles. The zero-order chi connectivity index (χ0) is 10.1. The number of aliphatic hydroxyl groups is 1. The number of hydrogen-bond acceptors (Lipinski definition) is 1. The van der Waals surface area contributed by atoms with Gasteiger partial charge in [0.2, 0.25) is 0 Å². The van der Waals surface area contributed by atoms with Gasteiger partial charge >= 0.3 is 0 Å². The molecule has 0 bridgehead atoms. The Morgan fingerprint density at radius 2 is 2.21 bits per heavy atom. The van der Waals surface area contributed by atoms with Crippen molar-refractivity contribution < 1.29 is 5.11 Å². The van der Waals surface area contributed by atoms with E-state index in [2.05, 4.69) is 32.6 Å². The van der Waals surface area contributed by atoms with E-state index < -0.39 is 0 Å². The molecule has 1 aromatic heterocycles. The van der Waals surface area contributed by atoms with Gasteiger partial charge in [-0.3, -0.25) is 0 Å². The van der Waals surface area contributed by atoms with Crippen molar-refractivity contribution in [2.45, 2.75) is 19.6 Å². The fraction of sp³-hybridized carbons (Fsp3) is 0.273. The lowest BCUT2D eigenvalue weighted by molar-refractivity contribution is 0.175. The second-order valence-electron chi connectivity index (χ2n) is 3.49. The number of rotatable bonds is 2. The standard InChI is InChI=1S/C11H12BrNO/c1-8(14)7-13-6-5-9-10(12)3-2-4-11(9)13/h2-6,8,14H,7H2,1H3. The third-order valence-corrected chi connectivity index (χ3v) is 2.91. The summed E-state index contributed by atoms with van der Waals surface area (Å²) in [4.78, 5) is 0. The van der Waals surface area contributed by atoms with Crippen LogP contribution in [-0.4, -0.2) is 15.8 Å². The Balaban J connectivity index is 2.52. The van der Waals surface area contributed by atoms with E-state index in [9.17, 15) is 5.11 Å². The average Bonchev–Trinajstić information content (AvgIpc) is 2.49. The predicted octanol–water partition coefficient (Wildman–Crippen LogP) is 2.78. The molecular formula is C11H12BrNO. The van der Waals surface area contributed by atoms with Crippen molar-refractivity contribution >= 4 is 26.8 Å². The number of halogens is 1. The Kier molecular flexibility index (Phi) is 2.61. The number of aliphatic hydroxyl groups excluding tert-OH is 1. The van der Waals surface area contributed by atoms with Gasteiger partial charge in [0.15, 0.2) is 0 Å². The molecule has 0 amide bonds. The quantitative estimate of drug-likeness (QED) is 0.875. The Labute approximate surface area is 91.3 Å². The first kappa shape index (κ1) is 9.74. The minimum Gasteiger partial charge on any atom is -0.392 e. The monoisotopic (exact) mass is 253 g/mol. The molecule has 1 unspecified atom stereocenters. The fourth-order valence-electron chi connectivity index (χ4n) is 1.63. The van der Waals surface area contributed by atoms with E-state index in [0.717, 1.165) is 9.99 Å². The molecule has 2 nitrogen and oxygen atoms in total. The number of benzene rings is 1. The van der Waals surface area contributed by atoms with Crippen molar-refractivity contribution in [2.24, 2.45) is 0 Å². The lowest BCUT2D eigenvalue weighted by Crippen LogP contribution is -2.10. The second kappa shape index (κ2) is 3.75. The van der Waals surface area contributed by atoms with Crippen molar-refractivity contribution in [1.29, 1.82) is 0 Å². The summed E-state index contributed by atoms with van der Waals surface area (Å²) in [6, 6.07) is 8.14. The van der Waals surface area contributed by atoms with Crippen molar-refractivity contribution in [3.05, 3.63) is 34.9 Å². The highest BCUT2D eigenvalue weighted by Crippen LogP contribution is 2.24. The molecule has 0 aliphatic rings. The van der Waals surface area contributed by atoms with Gasteiger partial charge in [0, 0.05) is 28.1 Å². The van der Waals surface area contributed by atoms with Gasteiger partial charge in [-0.1, -0.05) is 22.0 Å². The summed E-state index contributed by atoms with van der Waals surface area (Å²) in [6.07, 6.45) is 1.69. The van der Waals surface area contributed by atoms with Crippen LogP contribution in [0.5, 0.6) is 0 Å². The molecule has 1 heterocycles. The number of hydrogen-bond donors (Lipinski definition) is 1. The van der Waals surface area contributed by atoms with Crippen LogP contribution in [0.2, 0.25) is 0 Å². The second-order valence-corrected chi connectivity index (χ2v) is 4.34. The molecule has 0 radical (unpaired) electrons. The van der Waals surface area contributed by atoms with E-state index in [1.54, 1.807) is 6.92 Å². The highest BCUT2D eigenvalue weighted by molar-refractivity contribution is 9.10. The Morgan fingerprint density at radius 3 is 2.93 bits per heavy atom. The minimum absolute atomic E-state index is 0.315. The van der Waals surface area contributed by atoms with E-state index in [1.807, 2.05) is 18.3 Å². The summed E-state index contributed by atoms with van der Waals surface area (Å²) in [6.45, 7) is 2.43. The zero-order valence-electron chi connectivity index (χ0n) is 7.94. The first-order chi connectivity index (χ1) is 6.68. The summed E-state index contributed by atoms with van der Waals surface area (Å²) in [5.74, 6) is 0.